The Labute approximate surface area is 170 Å². The van der Waals surface area contributed by atoms with Crippen molar-refractivity contribution in [2.45, 2.75) is 11.9 Å². The van der Waals surface area contributed by atoms with Crippen LogP contribution in [0.3, 0.4) is 0 Å². The highest BCUT2D eigenvalue weighted by Gasteiger charge is 2.26. The first-order valence-corrected chi connectivity index (χ1v) is 10.7. The van der Waals surface area contributed by atoms with Crippen LogP contribution in [0.4, 0.5) is 0 Å². The Morgan fingerprint density at radius 1 is 1.18 bits per heavy atom. The molecule has 2 heterocycles. The van der Waals surface area contributed by atoms with Crippen molar-refractivity contribution in [3.05, 3.63) is 64.7 Å². The molecule has 2 aromatic carbocycles. The fourth-order valence-electron chi connectivity index (χ4n) is 3.68. The molecule has 0 amide bonds. The van der Waals surface area contributed by atoms with E-state index >= 15 is 0 Å². The van der Waals surface area contributed by atoms with Crippen LogP contribution in [-0.4, -0.2) is 56.6 Å². The molecule has 6 heteroatoms. The summed E-state index contributed by atoms with van der Waals surface area (Å²) >= 11 is 1.90. The number of thioether (sulfide) groups is 1. The van der Waals surface area contributed by atoms with Gasteiger partial charge in [0.15, 0.2) is 0 Å². The maximum Gasteiger partial charge on any atom is 0.337 e. The van der Waals surface area contributed by atoms with Gasteiger partial charge in [0.05, 0.1) is 31.1 Å². The van der Waals surface area contributed by atoms with Gasteiger partial charge >= 0.3 is 5.97 Å². The second-order valence-corrected chi connectivity index (χ2v) is 8.15. The summed E-state index contributed by atoms with van der Waals surface area (Å²) in [6, 6.07) is 14.0. The van der Waals surface area contributed by atoms with Gasteiger partial charge in [-0.25, -0.2) is 4.79 Å². The van der Waals surface area contributed by atoms with E-state index in [9.17, 15) is 4.79 Å². The number of nitrogens with zero attached hydrogens (tertiary/aromatic N) is 1. The number of benzene rings is 2. The average Bonchev–Trinajstić information content (AvgIpc) is 2.91. The lowest BCUT2D eigenvalue weighted by atomic mass is 9.98. The highest BCUT2D eigenvalue weighted by Crippen LogP contribution is 2.44. The Bertz CT molecular complexity index is 835. The molecular weight excluding hydrogens is 374 g/mol. The predicted molar refractivity (Wildman–Crippen MR) is 110 cm³/mol. The maximum atomic E-state index is 12.1. The van der Waals surface area contributed by atoms with Crippen molar-refractivity contribution >= 4 is 17.7 Å². The van der Waals surface area contributed by atoms with Crippen molar-refractivity contribution in [2.75, 3.05) is 45.7 Å². The Hall–Kier alpha value is -2.02. The summed E-state index contributed by atoms with van der Waals surface area (Å²) in [6.45, 7) is 5.19. The number of esters is 1. The van der Waals surface area contributed by atoms with Crippen LogP contribution < -0.4 is 4.74 Å². The van der Waals surface area contributed by atoms with Crippen LogP contribution in [-0.2, 0) is 16.1 Å². The number of morpholine rings is 1. The number of ether oxygens (including phenoxy) is 3. The number of methoxy groups -OCH3 is 1. The molecule has 0 spiro atoms. The Morgan fingerprint density at radius 2 is 2.00 bits per heavy atom. The molecule has 4 rings (SSSR count). The second kappa shape index (κ2) is 8.99. The molecule has 0 N–H and O–H groups in total. The van der Waals surface area contributed by atoms with Gasteiger partial charge in [0.2, 0.25) is 0 Å². The number of hydrogen-bond donors (Lipinski definition) is 0. The molecule has 0 bridgehead atoms. The Balaban J connectivity index is 1.61. The molecular formula is C22H25NO4S. The molecule has 2 aliphatic rings. The minimum atomic E-state index is -0.322. The van der Waals surface area contributed by atoms with Gasteiger partial charge in [-0.3, -0.25) is 4.90 Å². The van der Waals surface area contributed by atoms with Gasteiger partial charge in [-0.1, -0.05) is 24.3 Å². The molecule has 2 aliphatic heterocycles. The number of rotatable bonds is 5. The number of carbonyl (C=O) groups is 1. The molecule has 5 nitrogen and oxygen atoms in total. The fraction of sp³-hybridized carbons (Fsp3) is 0.409. The van der Waals surface area contributed by atoms with Crippen LogP contribution in [0.15, 0.2) is 42.5 Å². The normalized spacial score (nSPS) is 19.1. The summed E-state index contributed by atoms with van der Waals surface area (Å²) in [7, 11) is 1.41. The van der Waals surface area contributed by atoms with Crippen LogP contribution in [0.1, 0.15) is 32.3 Å². The lowest BCUT2D eigenvalue weighted by Crippen LogP contribution is -2.37. The summed E-state index contributed by atoms with van der Waals surface area (Å²) in [4.78, 5) is 14.5. The third-order valence-electron chi connectivity index (χ3n) is 5.23. The van der Waals surface area contributed by atoms with E-state index in [0.29, 0.717) is 12.2 Å². The molecule has 1 fully saturated rings. The summed E-state index contributed by atoms with van der Waals surface area (Å²) in [5.41, 5.74) is 4.06. The van der Waals surface area contributed by atoms with Crippen molar-refractivity contribution in [3.63, 3.8) is 0 Å². The van der Waals surface area contributed by atoms with Crippen molar-refractivity contribution in [2.24, 2.45) is 0 Å². The van der Waals surface area contributed by atoms with Gasteiger partial charge in [-0.15, -0.1) is 11.8 Å². The minimum Gasteiger partial charge on any atom is -0.489 e. The molecule has 0 aromatic heterocycles. The molecule has 148 valence electrons. The maximum absolute atomic E-state index is 12.1. The largest absolute Gasteiger partial charge is 0.489 e. The highest BCUT2D eigenvalue weighted by molar-refractivity contribution is 7.99. The molecule has 2 aromatic rings. The first-order valence-electron chi connectivity index (χ1n) is 9.61. The standard InChI is InChI=1S/C22H25NO4S/c1-25-22(24)16-6-7-20-19(14-16)21(18-5-3-2-4-17(18)15-27-20)28-13-10-23-8-11-26-12-9-23/h2-7,14,21H,8-13,15H2,1H3. The monoisotopic (exact) mass is 399 g/mol. The highest BCUT2D eigenvalue weighted by atomic mass is 32.2. The summed E-state index contributed by atoms with van der Waals surface area (Å²) in [6.07, 6.45) is 0. The lowest BCUT2D eigenvalue weighted by molar-refractivity contribution is 0.0410. The third kappa shape index (κ3) is 4.19. The predicted octanol–water partition coefficient (Wildman–Crippen LogP) is 3.52. The van der Waals surface area contributed by atoms with Crippen molar-refractivity contribution in [1.29, 1.82) is 0 Å². The van der Waals surface area contributed by atoms with Crippen LogP contribution in [0, 0.1) is 0 Å². The topological polar surface area (TPSA) is 48.0 Å². The number of carbonyl (C=O) groups excluding carboxylic acids is 1. The third-order valence-corrected chi connectivity index (χ3v) is 6.49. The van der Waals surface area contributed by atoms with Gasteiger partial charge in [-0.05, 0) is 29.3 Å². The van der Waals surface area contributed by atoms with Crippen molar-refractivity contribution in [3.8, 4) is 5.75 Å². The Morgan fingerprint density at radius 3 is 2.82 bits per heavy atom. The zero-order valence-electron chi connectivity index (χ0n) is 16.1. The summed E-state index contributed by atoms with van der Waals surface area (Å²) < 4.78 is 16.4. The molecule has 1 atom stereocenters. The van der Waals surface area contributed by atoms with E-state index in [4.69, 9.17) is 14.2 Å². The van der Waals surface area contributed by atoms with Crippen LogP contribution in [0.2, 0.25) is 0 Å². The second-order valence-electron chi connectivity index (χ2n) is 6.94. The lowest BCUT2D eigenvalue weighted by Gasteiger charge is -2.27. The first kappa shape index (κ1) is 19.3. The van der Waals surface area contributed by atoms with E-state index in [1.807, 2.05) is 30.0 Å². The zero-order valence-corrected chi connectivity index (χ0v) is 16.9. The van der Waals surface area contributed by atoms with Gasteiger partial charge in [0.1, 0.15) is 12.4 Å². The van der Waals surface area contributed by atoms with Crippen LogP contribution in [0.5, 0.6) is 5.75 Å². The van der Waals surface area contributed by atoms with Gasteiger partial charge in [-0.2, -0.15) is 0 Å². The molecule has 0 saturated carbocycles. The molecule has 1 unspecified atom stereocenters. The van der Waals surface area contributed by atoms with E-state index < -0.39 is 0 Å². The molecule has 0 radical (unpaired) electrons. The minimum absolute atomic E-state index is 0.124. The summed E-state index contributed by atoms with van der Waals surface area (Å²) in [5.74, 6) is 1.52. The fourth-order valence-corrected chi connectivity index (χ4v) is 5.05. The summed E-state index contributed by atoms with van der Waals surface area (Å²) in [5, 5.41) is 0.124. The van der Waals surface area contributed by atoms with Crippen molar-refractivity contribution in [1.82, 2.24) is 4.90 Å². The Kier molecular flexibility index (Phi) is 6.20. The van der Waals surface area contributed by atoms with Crippen molar-refractivity contribution < 1.29 is 19.0 Å². The van der Waals surface area contributed by atoms with E-state index in [2.05, 4.69) is 23.1 Å². The molecule has 1 saturated heterocycles. The molecule has 28 heavy (non-hydrogen) atoms. The van der Waals surface area contributed by atoms with E-state index in [1.165, 1.54) is 18.2 Å². The van der Waals surface area contributed by atoms with Gasteiger partial charge < -0.3 is 14.2 Å². The number of fused-ring (bicyclic) bond motifs is 2. The van der Waals surface area contributed by atoms with E-state index in [-0.39, 0.29) is 11.2 Å². The van der Waals surface area contributed by atoms with Gasteiger partial charge in [0.25, 0.3) is 0 Å². The SMILES string of the molecule is COC(=O)c1ccc2c(c1)C(SCCN1CCOCC1)c1ccccc1CO2. The smallest absolute Gasteiger partial charge is 0.337 e. The quantitative estimate of drug-likeness (QED) is 0.717. The van der Waals surface area contributed by atoms with Gasteiger partial charge in [0, 0.05) is 31.0 Å². The zero-order chi connectivity index (χ0) is 19.3. The van der Waals surface area contributed by atoms with E-state index in [0.717, 1.165) is 49.9 Å². The van der Waals surface area contributed by atoms with Crippen LogP contribution >= 0.6 is 11.8 Å². The van der Waals surface area contributed by atoms with Crippen LogP contribution in [0.25, 0.3) is 0 Å². The number of hydrogen-bond acceptors (Lipinski definition) is 6. The first-order chi connectivity index (χ1) is 13.8. The van der Waals surface area contributed by atoms with E-state index in [1.54, 1.807) is 6.07 Å². The molecule has 0 aliphatic carbocycles. The average molecular weight is 400 g/mol.